The van der Waals surface area contributed by atoms with E-state index in [0.29, 0.717) is 0 Å². The zero-order valence-electron chi connectivity index (χ0n) is 33.0. The maximum Gasteiger partial charge on any atom is 0.0546 e. The first-order valence-electron chi connectivity index (χ1n) is 20.6. The Labute approximate surface area is 350 Å². The van der Waals surface area contributed by atoms with Crippen LogP contribution in [0.3, 0.4) is 0 Å². The molecule has 2 heteroatoms. The van der Waals surface area contributed by atoms with Crippen LogP contribution in [-0.4, -0.2) is 4.57 Å². The normalized spacial score (nSPS) is 11.3. The molecule has 0 fully saturated rings. The number of anilines is 3. The summed E-state index contributed by atoms with van der Waals surface area (Å²) in [5, 5.41) is 5.01. The second kappa shape index (κ2) is 15.1. The van der Waals surface area contributed by atoms with Crippen molar-refractivity contribution < 1.29 is 0 Å². The SMILES string of the molecule is c1ccc(-c2ccc(N(c3ccc(-c4cccc(-n5c6ccccc6c6ccccc65)c4-c4ccccc4)cc3)c3ccc(-c4cccc5ccccc45)cc3)cc2)cc1. The van der Waals surface area contributed by atoms with E-state index in [2.05, 4.69) is 252 Å². The summed E-state index contributed by atoms with van der Waals surface area (Å²) in [4.78, 5) is 2.36. The lowest BCUT2D eigenvalue weighted by molar-refractivity contribution is 1.18. The van der Waals surface area contributed by atoms with Crippen molar-refractivity contribution in [2.45, 2.75) is 0 Å². The Balaban J connectivity index is 1.04. The second-order valence-electron chi connectivity index (χ2n) is 15.3. The van der Waals surface area contributed by atoms with Crippen molar-refractivity contribution in [1.82, 2.24) is 4.57 Å². The standard InChI is InChI=1S/C58H40N2/c1-3-15-41(16-4-1)42-29-35-47(36-30-42)59(48-37-31-44(32-38-48)51-24-13-20-43-17-7-8-21-50(43)51)49-39-33-45(34-40-49)52-25-14-28-57(58(52)46-18-5-2-6-19-46)60-55-26-11-9-22-53(55)54-23-10-12-27-56(54)60/h1-40H. The Morgan fingerprint density at radius 2 is 0.683 bits per heavy atom. The molecule has 11 aromatic rings. The maximum absolute atomic E-state index is 2.44. The minimum absolute atomic E-state index is 1.09. The third-order valence-electron chi connectivity index (χ3n) is 11.8. The molecule has 60 heavy (non-hydrogen) atoms. The minimum atomic E-state index is 1.09. The summed E-state index contributed by atoms with van der Waals surface area (Å²) in [6.07, 6.45) is 0. The van der Waals surface area contributed by atoms with Gasteiger partial charge < -0.3 is 9.47 Å². The molecule has 0 radical (unpaired) electrons. The smallest absolute Gasteiger partial charge is 0.0546 e. The van der Waals surface area contributed by atoms with Gasteiger partial charge in [0.15, 0.2) is 0 Å². The molecule has 0 aliphatic heterocycles. The van der Waals surface area contributed by atoms with Gasteiger partial charge in [-0.25, -0.2) is 0 Å². The molecular weight excluding hydrogens is 725 g/mol. The zero-order chi connectivity index (χ0) is 39.8. The molecule has 1 aromatic heterocycles. The van der Waals surface area contributed by atoms with E-state index in [0.717, 1.165) is 28.3 Å². The van der Waals surface area contributed by atoms with Crippen LogP contribution in [0.1, 0.15) is 0 Å². The highest BCUT2D eigenvalue weighted by molar-refractivity contribution is 6.10. The molecule has 0 aliphatic rings. The third kappa shape index (κ3) is 6.23. The minimum Gasteiger partial charge on any atom is -0.311 e. The molecule has 0 saturated carbocycles. The first kappa shape index (κ1) is 35.2. The summed E-state index contributed by atoms with van der Waals surface area (Å²) >= 11 is 0. The van der Waals surface area contributed by atoms with Crippen molar-refractivity contribution in [2.24, 2.45) is 0 Å². The summed E-state index contributed by atoms with van der Waals surface area (Å²) in [6, 6.07) is 87.8. The predicted molar refractivity (Wildman–Crippen MR) is 255 cm³/mol. The lowest BCUT2D eigenvalue weighted by atomic mass is 9.92. The van der Waals surface area contributed by atoms with Crippen LogP contribution in [0, 0.1) is 0 Å². The molecule has 0 aliphatic carbocycles. The van der Waals surface area contributed by atoms with Gasteiger partial charge in [-0.1, -0.05) is 188 Å². The van der Waals surface area contributed by atoms with Crippen LogP contribution in [-0.2, 0) is 0 Å². The van der Waals surface area contributed by atoms with Crippen LogP contribution in [0.5, 0.6) is 0 Å². The van der Waals surface area contributed by atoms with E-state index in [9.17, 15) is 0 Å². The Kier molecular flexibility index (Phi) is 8.87. The van der Waals surface area contributed by atoms with Crippen molar-refractivity contribution in [1.29, 1.82) is 0 Å². The summed E-state index contributed by atoms with van der Waals surface area (Å²) in [5.74, 6) is 0. The molecule has 0 spiro atoms. The number of nitrogens with zero attached hydrogens (tertiary/aromatic N) is 2. The highest BCUT2D eigenvalue weighted by Crippen LogP contribution is 2.43. The molecule has 282 valence electrons. The number of benzene rings is 10. The Morgan fingerprint density at radius 1 is 0.267 bits per heavy atom. The summed E-state index contributed by atoms with van der Waals surface area (Å²) in [5.41, 5.74) is 16.4. The van der Waals surface area contributed by atoms with E-state index in [1.807, 2.05) is 0 Å². The fourth-order valence-corrected chi connectivity index (χ4v) is 9.00. The van der Waals surface area contributed by atoms with Crippen LogP contribution < -0.4 is 4.90 Å². The van der Waals surface area contributed by atoms with Gasteiger partial charge in [0.25, 0.3) is 0 Å². The van der Waals surface area contributed by atoms with Crippen LogP contribution >= 0.6 is 0 Å². The van der Waals surface area contributed by atoms with Crippen LogP contribution in [0.2, 0.25) is 0 Å². The topological polar surface area (TPSA) is 8.17 Å². The van der Waals surface area contributed by atoms with E-state index in [-0.39, 0.29) is 0 Å². The Morgan fingerprint density at radius 3 is 1.28 bits per heavy atom. The quantitative estimate of drug-likeness (QED) is 0.150. The first-order valence-corrected chi connectivity index (χ1v) is 20.6. The van der Waals surface area contributed by atoms with Gasteiger partial charge in [-0.05, 0) is 104 Å². The van der Waals surface area contributed by atoms with Crippen LogP contribution in [0.25, 0.3) is 82.8 Å². The predicted octanol–water partition coefficient (Wildman–Crippen LogP) is 16.1. The summed E-state index contributed by atoms with van der Waals surface area (Å²) < 4.78 is 2.44. The average Bonchev–Trinajstić information content (AvgIpc) is 3.67. The van der Waals surface area contributed by atoms with Gasteiger partial charge in [0.1, 0.15) is 0 Å². The summed E-state index contributed by atoms with van der Waals surface area (Å²) in [7, 11) is 0. The fraction of sp³-hybridized carbons (Fsp3) is 0. The average molecular weight is 765 g/mol. The number of para-hydroxylation sites is 2. The van der Waals surface area contributed by atoms with Gasteiger partial charge in [-0.3, -0.25) is 0 Å². The zero-order valence-corrected chi connectivity index (χ0v) is 33.0. The molecule has 0 saturated heterocycles. The van der Waals surface area contributed by atoms with Crippen LogP contribution in [0.15, 0.2) is 243 Å². The third-order valence-corrected chi connectivity index (χ3v) is 11.8. The van der Waals surface area contributed by atoms with E-state index in [1.165, 1.54) is 71.5 Å². The maximum atomic E-state index is 2.44. The molecule has 0 unspecified atom stereocenters. The van der Waals surface area contributed by atoms with Crippen molar-refractivity contribution in [2.75, 3.05) is 4.90 Å². The van der Waals surface area contributed by atoms with Crippen molar-refractivity contribution >= 4 is 49.6 Å². The number of hydrogen-bond donors (Lipinski definition) is 0. The van der Waals surface area contributed by atoms with E-state index < -0.39 is 0 Å². The van der Waals surface area contributed by atoms with Gasteiger partial charge in [-0.15, -0.1) is 0 Å². The van der Waals surface area contributed by atoms with Crippen molar-refractivity contribution in [3.63, 3.8) is 0 Å². The molecule has 0 atom stereocenters. The number of aromatic nitrogens is 1. The van der Waals surface area contributed by atoms with Gasteiger partial charge in [0.2, 0.25) is 0 Å². The molecule has 10 aromatic carbocycles. The van der Waals surface area contributed by atoms with Crippen molar-refractivity contribution in [3.05, 3.63) is 243 Å². The lowest BCUT2D eigenvalue weighted by Gasteiger charge is -2.26. The molecule has 0 bridgehead atoms. The molecule has 0 N–H and O–H groups in total. The number of rotatable bonds is 8. The van der Waals surface area contributed by atoms with Gasteiger partial charge in [-0.2, -0.15) is 0 Å². The Hall–Kier alpha value is -7.94. The van der Waals surface area contributed by atoms with Gasteiger partial charge in [0.05, 0.1) is 16.7 Å². The molecule has 2 nitrogen and oxygen atoms in total. The van der Waals surface area contributed by atoms with Crippen molar-refractivity contribution in [3.8, 4) is 50.2 Å². The molecule has 11 rings (SSSR count). The number of fused-ring (bicyclic) bond motifs is 4. The first-order chi connectivity index (χ1) is 29.8. The highest BCUT2D eigenvalue weighted by atomic mass is 15.1. The monoisotopic (exact) mass is 764 g/mol. The molecular formula is C58H40N2. The van der Waals surface area contributed by atoms with E-state index in [1.54, 1.807) is 0 Å². The van der Waals surface area contributed by atoms with Gasteiger partial charge in [0, 0.05) is 33.4 Å². The molecule has 1 heterocycles. The van der Waals surface area contributed by atoms with E-state index >= 15 is 0 Å². The second-order valence-corrected chi connectivity index (χ2v) is 15.3. The summed E-state index contributed by atoms with van der Waals surface area (Å²) in [6.45, 7) is 0. The highest BCUT2D eigenvalue weighted by Gasteiger charge is 2.20. The lowest BCUT2D eigenvalue weighted by Crippen LogP contribution is -2.09. The fourth-order valence-electron chi connectivity index (χ4n) is 9.00. The van der Waals surface area contributed by atoms with E-state index in [4.69, 9.17) is 0 Å². The molecule has 0 amide bonds. The Bertz CT molecular complexity index is 3210. The largest absolute Gasteiger partial charge is 0.311 e. The van der Waals surface area contributed by atoms with Crippen LogP contribution in [0.4, 0.5) is 17.1 Å². The number of hydrogen-bond acceptors (Lipinski definition) is 1. The van der Waals surface area contributed by atoms with Gasteiger partial charge >= 0.3 is 0 Å².